The van der Waals surface area contributed by atoms with Gasteiger partial charge < -0.3 is 23.5 Å². The fourth-order valence-electron chi connectivity index (χ4n) is 9.49. The topological polar surface area (TPSA) is 81.2 Å². The van der Waals surface area contributed by atoms with Crippen molar-refractivity contribution in [3.8, 4) is 28.2 Å². The maximum Gasteiger partial charge on any atom is 0.338 e. The van der Waals surface area contributed by atoms with Gasteiger partial charge in [-0.15, -0.1) is 0 Å². The van der Waals surface area contributed by atoms with Crippen molar-refractivity contribution in [2.24, 2.45) is 0 Å². The molecular weight excluding hydrogens is 689 g/mol. The first-order valence-electron chi connectivity index (χ1n) is 19.5. The summed E-state index contributed by atoms with van der Waals surface area (Å²) >= 11 is 0. The molecule has 1 unspecified atom stereocenters. The molecule has 0 bridgehead atoms. The zero-order chi connectivity index (χ0) is 38.0. The van der Waals surface area contributed by atoms with E-state index in [1.54, 1.807) is 0 Å². The predicted molar refractivity (Wildman–Crippen MR) is 215 cm³/mol. The van der Waals surface area contributed by atoms with Gasteiger partial charge in [-0.1, -0.05) is 43.3 Å². The maximum absolute atomic E-state index is 13.5. The molecule has 1 atom stereocenters. The van der Waals surface area contributed by atoms with Crippen molar-refractivity contribution in [3.05, 3.63) is 134 Å². The molecule has 0 saturated heterocycles. The Kier molecular flexibility index (Phi) is 8.71. The van der Waals surface area contributed by atoms with Crippen LogP contribution in [0.2, 0.25) is 0 Å². The third-order valence-electron chi connectivity index (χ3n) is 11.9. The first kappa shape index (κ1) is 34.9. The molecule has 0 radical (unpaired) electrons. The Hall–Kier alpha value is -5.89. The average Bonchev–Trinajstić information content (AvgIpc) is 3.22. The molecular formula is C47H45N2O6+. The zero-order valence-electron chi connectivity index (χ0n) is 32.1. The van der Waals surface area contributed by atoms with E-state index in [0.29, 0.717) is 28.4 Å². The minimum absolute atomic E-state index is 0.288. The smallest absolute Gasteiger partial charge is 0.338 e. The van der Waals surface area contributed by atoms with Crippen molar-refractivity contribution in [1.82, 2.24) is 4.58 Å². The number of anilines is 1. The summed E-state index contributed by atoms with van der Waals surface area (Å²) in [7, 11) is 2.84. The SMILES string of the molecule is CC[N+](CC)=c1ccc2c(-c3ccccc3C(=O)OC)c3c(oc-2c1)C=C1Oc2c(cc4c5c2CCCN5CCC4)C(c2ccccc2C(=O)OC)=C1C3C. The lowest BCUT2D eigenvalue weighted by Gasteiger charge is -2.41. The fourth-order valence-corrected chi connectivity index (χ4v) is 9.49. The molecule has 278 valence electrons. The van der Waals surface area contributed by atoms with Crippen LogP contribution in [0.5, 0.6) is 5.75 Å². The number of allylic oxidation sites excluding steroid dienone is 1. The molecule has 4 heterocycles. The summed E-state index contributed by atoms with van der Waals surface area (Å²) in [5, 5.41) is 1.06. The van der Waals surface area contributed by atoms with E-state index in [1.165, 1.54) is 31.0 Å². The number of carbonyl (C=O) groups is 2. The standard InChI is InChI=1S/C47H45N2O6/c1-6-48(7-2)29-20-21-34-37(25-29)54-38-26-39-41(27(3)40(38)42(34)30-15-8-10-17-32(30)46(50)52-4)43(31-16-9-11-18-33(31)47(51)53-5)36-24-28-14-12-22-49-23-13-19-35(44(28)49)45(36)55-39/h8-11,15-18,20-21,24-27H,6-7,12-14,19,22-23H2,1-5H3/q+1. The van der Waals surface area contributed by atoms with Gasteiger partial charge in [0.15, 0.2) is 0 Å². The van der Waals surface area contributed by atoms with Gasteiger partial charge in [-0.2, -0.15) is 0 Å². The lowest BCUT2D eigenvalue weighted by molar-refractivity contribution is 0.0592. The second-order valence-electron chi connectivity index (χ2n) is 14.7. The minimum atomic E-state index is -0.410. The summed E-state index contributed by atoms with van der Waals surface area (Å²) < 4.78 is 27.1. The number of hydrogen-bond acceptors (Lipinski definition) is 7. The van der Waals surface area contributed by atoms with Gasteiger partial charge in [0, 0.05) is 75.8 Å². The van der Waals surface area contributed by atoms with Gasteiger partial charge in [-0.3, -0.25) is 0 Å². The molecule has 6 aliphatic rings. The van der Waals surface area contributed by atoms with E-state index in [-0.39, 0.29) is 5.92 Å². The zero-order valence-corrected chi connectivity index (χ0v) is 32.1. The molecule has 8 nitrogen and oxygen atoms in total. The van der Waals surface area contributed by atoms with Crippen LogP contribution in [0.3, 0.4) is 0 Å². The largest absolute Gasteiger partial charge is 0.465 e. The van der Waals surface area contributed by atoms with E-state index >= 15 is 0 Å². The molecule has 0 spiro atoms. The number of methoxy groups -OCH3 is 2. The van der Waals surface area contributed by atoms with Gasteiger partial charge in [0.1, 0.15) is 36.1 Å². The Balaban J connectivity index is 1.41. The fraction of sp³-hybridized carbons (Fsp3) is 0.298. The van der Waals surface area contributed by atoms with Crippen molar-refractivity contribution in [3.63, 3.8) is 0 Å². The normalized spacial score (nSPS) is 16.6. The van der Waals surface area contributed by atoms with Crippen molar-refractivity contribution in [2.75, 3.05) is 45.3 Å². The molecule has 8 heteroatoms. The van der Waals surface area contributed by atoms with Gasteiger partial charge in [0.05, 0.1) is 31.4 Å². The summed E-state index contributed by atoms with van der Waals surface area (Å²) in [6.07, 6.45) is 6.08. The summed E-state index contributed by atoms with van der Waals surface area (Å²) in [4.78, 5) is 29.4. The van der Waals surface area contributed by atoms with Gasteiger partial charge in [0.25, 0.3) is 0 Å². The first-order chi connectivity index (χ1) is 26.9. The van der Waals surface area contributed by atoms with Crippen LogP contribution >= 0.6 is 0 Å². The second kappa shape index (κ2) is 13.8. The third-order valence-corrected chi connectivity index (χ3v) is 11.9. The molecule has 3 aromatic rings. The highest BCUT2D eigenvalue weighted by Gasteiger charge is 2.41. The Morgan fingerprint density at radius 2 is 1.49 bits per heavy atom. The third kappa shape index (κ3) is 5.44. The number of rotatable bonds is 6. The van der Waals surface area contributed by atoms with Gasteiger partial charge in [-0.05, 0) is 80.5 Å². The Morgan fingerprint density at radius 1 is 0.818 bits per heavy atom. The van der Waals surface area contributed by atoms with Crippen molar-refractivity contribution < 1.29 is 28.2 Å². The summed E-state index contributed by atoms with van der Waals surface area (Å²) in [5.41, 5.74) is 12.0. The van der Waals surface area contributed by atoms with Crippen LogP contribution in [0, 0.1) is 0 Å². The van der Waals surface area contributed by atoms with Gasteiger partial charge >= 0.3 is 11.9 Å². The lowest BCUT2D eigenvalue weighted by Crippen LogP contribution is -2.35. The maximum atomic E-state index is 13.5. The number of nitrogens with zero attached hydrogens (tertiary/aromatic N) is 2. The number of aryl methyl sites for hydroxylation is 1. The number of fused-ring (bicyclic) bond motifs is 5. The van der Waals surface area contributed by atoms with Crippen LogP contribution in [0.15, 0.2) is 88.5 Å². The molecule has 4 aliphatic heterocycles. The molecule has 0 amide bonds. The predicted octanol–water partition coefficient (Wildman–Crippen LogP) is 8.49. The number of hydrogen-bond donors (Lipinski definition) is 0. The number of esters is 2. The number of ether oxygens (including phenoxy) is 3. The highest BCUT2D eigenvalue weighted by Crippen LogP contribution is 2.57. The Morgan fingerprint density at radius 3 is 2.20 bits per heavy atom. The Labute approximate surface area is 321 Å². The molecule has 0 saturated carbocycles. The molecule has 3 aromatic carbocycles. The second-order valence-corrected chi connectivity index (χ2v) is 14.7. The van der Waals surface area contributed by atoms with Crippen molar-refractivity contribution >= 4 is 29.3 Å². The molecule has 55 heavy (non-hydrogen) atoms. The van der Waals surface area contributed by atoms with E-state index in [2.05, 4.69) is 54.5 Å². The lowest BCUT2D eigenvalue weighted by atomic mass is 9.73. The highest BCUT2D eigenvalue weighted by molar-refractivity contribution is 6.04. The van der Waals surface area contributed by atoms with Crippen LogP contribution in [0.25, 0.3) is 34.1 Å². The number of benzene rings is 4. The molecule has 0 aromatic heterocycles. The van der Waals surface area contributed by atoms with Crippen molar-refractivity contribution in [2.45, 2.75) is 52.4 Å². The van der Waals surface area contributed by atoms with Crippen LogP contribution in [-0.4, -0.2) is 52.3 Å². The van der Waals surface area contributed by atoms with Crippen LogP contribution in [0.1, 0.15) is 93.8 Å². The minimum Gasteiger partial charge on any atom is -0.465 e. The van der Waals surface area contributed by atoms with Crippen molar-refractivity contribution in [1.29, 1.82) is 0 Å². The summed E-state index contributed by atoms with van der Waals surface area (Å²) in [6, 6.07) is 24.0. The van der Waals surface area contributed by atoms with E-state index in [9.17, 15) is 9.59 Å². The van der Waals surface area contributed by atoms with Crippen LogP contribution < -0.4 is 19.6 Å². The summed E-state index contributed by atoms with van der Waals surface area (Å²) in [6.45, 7) is 10.3. The molecule has 0 fully saturated rings. The molecule has 0 N–H and O–H groups in total. The van der Waals surface area contributed by atoms with Gasteiger partial charge in [-0.25, -0.2) is 14.2 Å². The summed E-state index contributed by atoms with van der Waals surface area (Å²) in [5.74, 6) is 1.84. The average molecular weight is 734 g/mol. The quantitative estimate of drug-likeness (QED) is 0.128. The van der Waals surface area contributed by atoms with Gasteiger partial charge in [0.2, 0.25) is 5.36 Å². The monoisotopic (exact) mass is 733 g/mol. The molecule has 9 rings (SSSR count). The number of carbonyl (C=O) groups excluding carboxylic acids is 2. The first-order valence-corrected chi connectivity index (χ1v) is 19.5. The molecule has 2 aliphatic carbocycles. The van der Waals surface area contributed by atoms with E-state index in [4.69, 9.17) is 18.6 Å². The highest BCUT2D eigenvalue weighted by atomic mass is 16.5. The van der Waals surface area contributed by atoms with E-state index in [0.717, 1.165) is 107 Å². The van der Waals surface area contributed by atoms with E-state index < -0.39 is 11.9 Å². The Bertz CT molecular complexity index is 2530. The van der Waals surface area contributed by atoms with Crippen LogP contribution in [-0.2, 0) is 22.3 Å². The van der Waals surface area contributed by atoms with Crippen LogP contribution in [0.4, 0.5) is 5.69 Å². The van der Waals surface area contributed by atoms with E-state index in [1.807, 2.05) is 54.6 Å².